The molecule has 1 N–H and O–H groups in total. The summed E-state index contributed by atoms with van der Waals surface area (Å²) in [4.78, 5) is 0. The van der Waals surface area contributed by atoms with Crippen molar-refractivity contribution in [3.63, 3.8) is 0 Å². The molecule has 3 aromatic rings. The third-order valence-corrected chi connectivity index (χ3v) is 7.60. The van der Waals surface area contributed by atoms with Gasteiger partial charge in [0, 0.05) is 16.8 Å². The average molecular weight is 354 g/mol. The van der Waals surface area contributed by atoms with E-state index in [9.17, 15) is 0 Å². The van der Waals surface area contributed by atoms with Crippen LogP contribution in [-0.4, -0.2) is 0 Å². The highest BCUT2D eigenvalue weighted by atomic mass is 14.9. The number of nitrogens with one attached hydrogen (secondary N) is 1. The summed E-state index contributed by atoms with van der Waals surface area (Å²) in [7, 11) is 0. The summed E-state index contributed by atoms with van der Waals surface area (Å²) in [5, 5.41) is 6.22. The third-order valence-electron chi connectivity index (χ3n) is 7.60. The van der Waals surface area contributed by atoms with Crippen LogP contribution in [0.3, 0.4) is 0 Å². The van der Waals surface area contributed by atoms with Gasteiger partial charge in [-0.1, -0.05) is 48.5 Å². The molecule has 4 saturated carbocycles. The average Bonchev–Trinajstić information content (AvgIpc) is 2.68. The predicted octanol–water partition coefficient (Wildman–Crippen LogP) is 7.05. The summed E-state index contributed by atoms with van der Waals surface area (Å²) in [6, 6.07) is 24.5. The zero-order valence-corrected chi connectivity index (χ0v) is 15.8. The molecule has 4 fully saturated rings. The van der Waals surface area contributed by atoms with E-state index in [0.717, 1.165) is 17.8 Å². The van der Waals surface area contributed by atoms with E-state index in [1.54, 1.807) is 5.56 Å². The lowest BCUT2D eigenvalue weighted by molar-refractivity contribution is -0.00518. The topological polar surface area (TPSA) is 12.0 Å². The van der Waals surface area contributed by atoms with E-state index in [1.807, 2.05) is 0 Å². The highest BCUT2D eigenvalue weighted by Crippen LogP contribution is 2.60. The molecule has 0 heterocycles. The van der Waals surface area contributed by atoms with Crippen LogP contribution in [0.1, 0.15) is 44.1 Å². The molecular weight excluding hydrogens is 326 g/mol. The predicted molar refractivity (Wildman–Crippen MR) is 114 cm³/mol. The fourth-order valence-corrected chi connectivity index (χ4v) is 6.86. The van der Waals surface area contributed by atoms with Gasteiger partial charge in [0.2, 0.25) is 0 Å². The number of hydrogen-bond acceptors (Lipinski definition) is 1. The summed E-state index contributed by atoms with van der Waals surface area (Å²) in [6.45, 7) is 0. The second-order valence-corrected chi connectivity index (χ2v) is 9.43. The molecule has 4 bridgehead atoms. The molecular formula is C26H27N. The van der Waals surface area contributed by atoms with Crippen molar-refractivity contribution >= 4 is 22.1 Å². The minimum Gasteiger partial charge on any atom is -0.355 e. The van der Waals surface area contributed by atoms with Gasteiger partial charge in [0.1, 0.15) is 0 Å². The number of fused-ring (bicyclic) bond motifs is 1. The molecule has 136 valence electrons. The van der Waals surface area contributed by atoms with Crippen molar-refractivity contribution in [3.8, 4) is 0 Å². The fraction of sp³-hybridized carbons (Fsp3) is 0.385. The molecule has 4 aliphatic carbocycles. The molecule has 0 aromatic heterocycles. The van der Waals surface area contributed by atoms with Crippen molar-refractivity contribution in [2.75, 3.05) is 5.32 Å². The van der Waals surface area contributed by atoms with E-state index >= 15 is 0 Å². The Morgan fingerprint density at radius 1 is 0.667 bits per heavy atom. The van der Waals surface area contributed by atoms with Gasteiger partial charge < -0.3 is 5.32 Å². The quantitative estimate of drug-likeness (QED) is 0.532. The van der Waals surface area contributed by atoms with Crippen LogP contribution in [0, 0.1) is 17.8 Å². The maximum atomic E-state index is 3.65. The van der Waals surface area contributed by atoms with Gasteiger partial charge in [-0.15, -0.1) is 0 Å². The van der Waals surface area contributed by atoms with E-state index in [4.69, 9.17) is 0 Å². The molecule has 4 aliphatic rings. The van der Waals surface area contributed by atoms with E-state index in [2.05, 4.69) is 72.0 Å². The van der Waals surface area contributed by atoms with Crippen molar-refractivity contribution in [2.45, 2.75) is 43.9 Å². The Labute approximate surface area is 161 Å². The Bertz CT molecular complexity index is 944. The van der Waals surface area contributed by atoms with Crippen molar-refractivity contribution in [2.24, 2.45) is 17.8 Å². The van der Waals surface area contributed by atoms with Crippen LogP contribution in [-0.2, 0) is 5.41 Å². The molecule has 27 heavy (non-hydrogen) atoms. The van der Waals surface area contributed by atoms with Gasteiger partial charge in [-0.2, -0.15) is 0 Å². The van der Waals surface area contributed by atoms with E-state index in [-0.39, 0.29) is 0 Å². The van der Waals surface area contributed by atoms with E-state index in [1.165, 1.54) is 60.7 Å². The molecule has 0 saturated heterocycles. The second-order valence-electron chi connectivity index (χ2n) is 9.43. The number of benzene rings is 3. The Hall–Kier alpha value is -2.28. The van der Waals surface area contributed by atoms with Crippen molar-refractivity contribution in [1.82, 2.24) is 0 Å². The molecule has 7 rings (SSSR count). The summed E-state index contributed by atoms with van der Waals surface area (Å²) in [5.41, 5.74) is 4.48. The minimum atomic E-state index is 0.493. The molecule has 0 amide bonds. The van der Waals surface area contributed by atoms with Crippen LogP contribution in [0.15, 0.2) is 66.7 Å². The van der Waals surface area contributed by atoms with Gasteiger partial charge in [0.25, 0.3) is 0 Å². The van der Waals surface area contributed by atoms with Gasteiger partial charge in [0.05, 0.1) is 0 Å². The zero-order valence-electron chi connectivity index (χ0n) is 15.8. The second kappa shape index (κ2) is 5.86. The lowest BCUT2D eigenvalue weighted by Crippen LogP contribution is -2.48. The largest absolute Gasteiger partial charge is 0.355 e. The molecule has 1 nitrogen and oxygen atoms in total. The number of hydrogen-bond donors (Lipinski definition) is 1. The zero-order chi connectivity index (χ0) is 17.8. The number of anilines is 2. The monoisotopic (exact) mass is 353 g/mol. The third kappa shape index (κ3) is 2.59. The first-order chi connectivity index (χ1) is 13.3. The lowest BCUT2D eigenvalue weighted by Gasteiger charge is -2.57. The van der Waals surface area contributed by atoms with Crippen LogP contribution in [0.5, 0.6) is 0 Å². The molecule has 0 radical (unpaired) electrons. The lowest BCUT2D eigenvalue weighted by atomic mass is 9.48. The first-order valence-electron chi connectivity index (χ1n) is 10.6. The summed E-state index contributed by atoms with van der Waals surface area (Å²) < 4.78 is 0. The Morgan fingerprint density at radius 3 is 2.00 bits per heavy atom. The Morgan fingerprint density at radius 2 is 1.30 bits per heavy atom. The van der Waals surface area contributed by atoms with E-state index in [0.29, 0.717) is 5.41 Å². The van der Waals surface area contributed by atoms with Crippen LogP contribution >= 0.6 is 0 Å². The van der Waals surface area contributed by atoms with Gasteiger partial charge in [-0.05, 0) is 90.8 Å². The summed E-state index contributed by atoms with van der Waals surface area (Å²) in [5.74, 6) is 3.01. The molecule has 0 unspecified atom stereocenters. The minimum absolute atomic E-state index is 0.493. The molecule has 1 heteroatoms. The summed E-state index contributed by atoms with van der Waals surface area (Å²) >= 11 is 0. The highest BCUT2D eigenvalue weighted by Gasteiger charge is 2.51. The molecule has 3 aromatic carbocycles. The van der Waals surface area contributed by atoms with Crippen LogP contribution < -0.4 is 5.32 Å². The van der Waals surface area contributed by atoms with Gasteiger partial charge in [-0.3, -0.25) is 0 Å². The maximum absolute atomic E-state index is 3.65. The summed E-state index contributed by atoms with van der Waals surface area (Å²) in [6.07, 6.45) is 8.86. The highest BCUT2D eigenvalue weighted by molar-refractivity contribution is 5.95. The molecule has 0 aliphatic heterocycles. The van der Waals surface area contributed by atoms with Gasteiger partial charge >= 0.3 is 0 Å². The van der Waals surface area contributed by atoms with Gasteiger partial charge in [-0.25, -0.2) is 0 Å². The standard InChI is InChI=1S/C26H27N/c1-2-6-24-21(4-1)5-3-7-25(24)27-23-10-8-22(9-11-23)26-15-18-12-19(16-26)14-20(13-18)17-26/h1-11,18-20,27H,12-17H2. The molecule has 0 spiro atoms. The number of rotatable bonds is 3. The first kappa shape index (κ1) is 15.7. The van der Waals surface area contributed by atoms with Crippen LogP contribution in [0.4, 0.5) is 11.4 Å². The smallest absolute Gasteiger partial charge is 0.0463 e. The van der Waals surface area contributed by atoms with Crippen molar-refractivity contribution < 1.29 is 0 Å². The van der Waals surface area contributed by atoms with E-state index < -0.39 is 0 Å². The maximum Gasteiger partial charge on any atom is 0.0463 e. The Balaban J connectivity index is 1.29. The fourth-order valence-electron chi connectivity index (χ4n) is 6.86. The Kier molecular flexibility index (Phi) is 3.42. The van der Waals surface area contributed by atoms with Crippen molar-refractivity contribution in [1.29, 1.82) is 0 Å². The molecule has 0 atom stereocenters. The van der Waals surface area contributed by atoms with Crippen LogP contribution in [0.2, 0.25) is 0 Å². The normalized spacial score (nSPS) is 31.3. The SMILES string of the molecule is c1ccc2c(Nc3ccc(C45CC6CC(CC(C6)C4)C5)cc3)cccc2c1. The van der Waals surface area contributed by atoms with Crippen molar-refractivity contribution in [3.05, 3.63) is 72.3 Å². The first-order valence-corrected chi connectivity index (χ1v) is 10.6. The van der Waals surface area contributed by atoms with Gasteiger partial charge in [0.15, 0.2) is 0 Å². The van der Waals surface area contributed by atoms with Crippen LogP contribution in [0.25, 0.3) is 10.8 Å².